The first-order chi connectivity index (χ1) is 13.9. The monoisotopic (exact) mass is 411 g/mol. The quantitative estimate of drug-likeness (QED) is 0.746. The highest BCUT2D eigenvalue weighted by molar-refractivity contribution is 6.30. The van der Waals surface area contributed by atoms with Crippen LogP contribution in [0.15, 0.2) is 54.6 Å². The number of halogens is 1. The summed E-state index contributed by atoms with van der Waals surface area (Å²) in [6.07, 6.45) is 3.27. The second-order valence-corrected chi connectivity index (χ2v) is 7.79. The molecule has 0 unspecified atom stereocenters. The van der Waals surface area contributed by atoms with Gasteiger partial charge in [0.1, 0.15) is 0 Å². The van der Waals surface area contributed by atoms with E-state index in [4.69, 9.17) is 11.6 Å². The summed E-state index contributed by atoms with van der Waals surface area (Å²) in [5, 5.41) is 3.63. The summed E-state index contributed by atoms with van der Waals surface area (Å²) >= 11 is 5.88. The maximum atomic E-state index is 12.4. The maximum Gasteiger partial charge on any atom is 0.248 e. The molecule has 0 aromatic heterocycles. The van der Waals surface area contributed by atoms with E-state index in [0.29, 0.717) is 18.1 Å². The Morgan fingerprint density at radius 2 is 1.66 bits per heavy atom. The second-order valence-electron chi connectivity index (χ2n) is 7.36. The molecule has 1 aliphatic heterocycles. The molecule has 0 radical (unpaired) electrons. The topological polar surface area (TPSA) is 52.7 Å². The summed E-state index contributed by atoms with van der Waals surface area (Å²) in [7, 11) is 0. The molecule has 0 spiro atoms. The molecule has 2 amide bonds. The Hall–Kier alpha value is -2.79. The summed E-state index contributed by atoms with van der Waals surface area (Å²) in [4.78, 5) is 28.7. The summed E-state index contributed by atoms with van der Waals surface area (Å²) in [5.74, 6) is 0.0140. The lowest BCUT2D eigenvalue weighted by Crippen LogP contribution is -2.50. The van der Waals surface area contributed by atoms with Gasteiger partial charge in [0.2, 0.25) is 11.8 Å². The van der Waals surface area contributed by atoms with Crippen LogP contribution in [0.1, 0.15) is 19.4 Å². The standard InChI is InChI=1S/C23H26ClN3O2/c1-17(2)23(29)27-15-13-26(14-16-27)21-6-4-3-5-20(21)25-22(28)12-9-18-7-10-19(24)11-8-18/h3-12,17H,13-16H2,1-2H3,(H,25,28)/b12-9+. The molecule has 1 aliphatic rings. The predicted octanol–water partition coefficient (Wildman–Crippen LogP) is 4.30. The third-order valence-electron chi connectivity index (χ3n) is 4.89. The second kappa shape index (κ2) is 9.61. The molecule has 6 heteroatoms. The van der Waals surface area contributed by atoms with Gasteiger partial charge in [-0.15, -0.1) is 0 Å². The number of benzene rings is 2. The van der Waals surface area contributed by atoms with Gasteiger partial charge >= 0.3 is 0 Å². The first-order valence-corrected chi connectivity index (χ1v) is 10.2. The number of carbonyl (C=O) groups is 2. The number of nitrogens with one attached hydrogen (secondary N) is 1. The first-order valence-electron chi connectivity index (χ1n) is 9.81. The minimum atomic E-state index is -0.193. The number of carbonyl (C=O) groups excluding carboxylic acids is 2. The van der Waals surface area contributed by atoms with E-state index >= 15 is 0 Å². The van der Waals surface area contributed by atoms with Crippen molar-refractivity contribution in [2.24, 2.45) is 5.92 Å². The Morgan fingerprint density at radius 1 is 1.00 bits per heavy atom. The van der Waals surface area contributed by atoms with Gasteiger partial charge in [-0.2, -0.15) is 0 Å². The van der Waals surface area contributed by atoms with Gasteiger partial charge in [-0.1, -0.05) is 49.7 Å². The molecule has 2 aromatic carbocycles. The van der Waals surface area contributed by atoms with Gasteiger partial charge in [-0.3, -0.25) is 9.59 Å². The van der Waals surface area contributed by atoms with Crippen LogP contribution < -0.4 is 10.2 Å². The zero-order valence-corrected chi connectivity index (χ0v) is 17.5. The van der Waals surface area contributed by atoms with Crippen LogP contribution in [-0.2, 0) is 9.59 Å². The van der Waals surface area contributed by atoms with Crippen LogP contribution in [0.3, 0.4) is 0 Å². The van der Waals surface area contributed by atoms with Crippen molar-refractivity contribution in [2.45, 2.75) is 13.8 Å². The first kappa shape index (κ1) is 20.9. The molecular formula is C23H26ClN3O2. The summed E-state index contributed by atoms with van der Waals surface area (Å²) in [5.41, 5.74) is 2.64. The minimum absolute atomic E-state index is 0.0144. The highest BCUT2D eigenvalue weighted by atomic mass is 35.5. The molecule has 1 heterocycles. The van der Waals surface area contributed by atoms with Gasteiger partial charge in [0.15, 0.2) is 0 Å². The Morgan fingerprint density at radius 3 is 2.31 bits per heavy atom. The van der Waals surface area contributed by atoms with Gasteiger partial charge in [-0.25, -0.2) is 0 Å². The van der Waals surface area contributed by atoms with E-state index in [2.05, 4.69) is 10.2 Å². The van der Waals surface area contributed by atoms with Crippen LogP contribution in [0.2, 0.25) is 5.02 Å². The van der Waals surface area contributed by atoms with Crippen molar-refractivity contribution >= 4 is 40.9 Å². The third-order valence-corrected chi connectivity index (χ3v) is 5.14. The number of hydrogen-bond donors (Lipinski definition) is 1. The van der Waals surface area contributed by atoms with Gasteiger partial charge in [0, 0.05) is 43.2 Å². The fourth-order valence-corrected chi connectivity index (χ4v) is 3.43. The van der Waals surface area contributed by atoms with E-state index in [1.54, 1.807) is 18.2 Å². The van der Waals surface area contributed by atoms with Crippen molar-refractivity contribution in [2.75, 3.05) is 36.4 Å². The van der Waals surface area contributed by atoms with E-state index in [1.807, 2.05) is 55.1 Å². The van der Waals surface area contributed by atoms with Crippen molar-refractivity contribution < 1.29 is 9.59 Å². The molecule has 5 nitrogen and oxygen atoms in total. The van der Waals surface area contributed by atoms with Crippen LogP contribution in [0.25, 0.3) is 6.08 Å². The fourth-order valence-electron chi connectivity index (χ4n) is 3.31. The van der Waals surface area contributed by atoms with E-state index in [-0.39, 0.29) is 17.7 Å². The SMILES string of the molecule is CC(C)C(=O)N1CCN(c2ccccc2NC(=O)/C=C/c2ccc(Cl)cc2)CC1. The molecule has 2 aromatic rings. The predicted molar refractivity (Wildman–Crippen MR) is 119 cm³/mol. The number of nitrogens with zero attached hydrogens (tertiary/aromatic N) is 2. The van der Waals surface area contributed by atoms with E-state index in [0.717, 1.165) is 30.0 Å². The average Bonchev–Trinajstić information content (AvgIpc) is 2.73. The summed E-state index contributed by atoms with van der Waals surface area (Å²) in [6.45, 7) is 6.72. The van der Waals surface area contributed by atoms with Crippen LogP contribution in [0, 0.1) is 5.92 Å². The van der Waals surface area contributed by atoms with E-state index in [1.165, 1.54) is 6.08 Å². The molecule has 0 saturated carbocycles. The summed E-state index contributed by atoms with van der Waals surface area (Å²) < 4.78 is 0. The van der Waals surface area contributed by atoms with Crippen molar-refractivity contribution in [3.63, 3.8) is 0 Å². The lowest BCUT2D eigenvalue weighted by atomic mass is 10.1. The Labute approximate surface area is 177 Å². The largest absolute Gasteiger partial charge is 0.366 e. The fraction of sp³-hybridized carbons (Fsp3) is 0.304. The van der Waals surface area contributed by atoms with Gasteiger partial charge < -0.3 is 15.1 Å². The number of amides is 2. The smallest absolute Gasteiger partial charge is 0.248 e. The van der Waals surface area contributed by atoms with Gasteiger partial charge in [-0.05, 0) is 35.9 Å². The zero-order chi connectivity index (χ0) is 20.8. The molecule has 152 valence electrons. The highest BCUT2D eigenvalue weighted by Gasteiger charge is 2.24. The molecule has 1 fully saturated rings. The number of piperazine rings is 1. The molecular weight excluding hydrogens is 386 g/mol. The van der Waals surface area contributed by atoms with Crippen LogP contribution >= 0.6 is 11.6 Å². The lowest BCUT2D eigenvalue weighted by molar-refractivity contribution is -0.134. The zero-order valence-electron chi connectivity index (χ0n) is 16.8. The average molecular weight is 412 g/mol. The van der Waals surface area contributed by atoms with Crippen LogP contribution in [0.4, 0.5) is 11.4 Å². The molecule has 1 N–H and O–H groups in total. The number of rotatable bonds is 5. The maximum absolute atomic E-state index is 12.4. The number of anilines is 2. The van der Waals surface area contributed by atoms with Crippen LogP contribution in [0.5, 0.6) is 0 Å². The number of hydrogen-bond acceptors (Lipinski definition) is 3. The van der Waals surface area contributed by atoms with Gasteiger partial charge in [0.05, 0.1) is 11.4 Å². The lowest BCUT2D eigenvalue weighted by Gasteiger charge is -2.37. The minimum Gasteiger partial charge on any atom is -0.366 e. The Kier molecular flexibility index (Phi) is 6.94. The summed E-state index contributed by atoms with van der Waals surface area (Å²) in [6, 6.07) is 15.1. The van der Waals surface area contributed by atoms with Crippen molar-refractivity contribution in [3.05, 3.63) is 65.2 Å². The van der Waals surface area contributed by atoms with Gasteiger partial charge in [0.25, 0.3) is 0 Å². The molecule has 3 rings (SSSR count). The normalized spacial score (nSPS) is 14.5. The molecule has 0 atom stereocenters. The molecule has 0 aliphatic carbocycles. The van der Waals surface area contributed by atoms with Crippen molar-refractivity contribution in [1.82, 2.24) is 4.90 Å². The Bertz CT molecular complexity index is 885. The van der Waals surface area contributed by atoms with Crippen LogP contribution in [-0.4, -0.2) is 42.9 Å². The third kappa shape index (κ3) is 5.61. The van der Waals surface area contributed by atoms with E-state index < -0.39 is 0 Å². The molecule has 0 bridgehead atoms. The van der Waals surface area contributed by atoms with Crippen molar-refractivity contribution in [3.8, 4) is 0 Å². The highest BCUT2D eigenvalue weighted by Crippen LogP contribution is 2.27. The van der Waals surface area contributed by atoms with Crippen molar-refractivity contribution in [1.29, 1.82) is 0 Å². The number of para-hydroxylation sites is 2. The van der Waals surface area contributed by atoms with E-state index in [9.17, 15) is 9.59 Å². The molecule has 1 saturated heterocycles. The molecule has 29 heavy (non-hydrogen) atoms. The Balaban J connectivity index is 1.64.